The molecule has 162 valence electrons. The summed E-state index contributed by atoms with van der Waals surface area (Å²) in [5, 5.41) is 12.6. The molecule has 1 aliphatic heterocycles. The van der Waals surface area contributed by atoms with Crippen molar-refractivity contribution in [1.29, 1.82) is 0 Å². The summed E-state index contributed by atoms with van der Waals surface area (Å²) in [5.41, 5.74) is 1.96. The number of rotatable bonds is 8. The Balaban J connectivity index is 1.68. The Kier molecular flexibility index (Phi) is 6.69. The van der Waals surface area contributed by atoms with E-state index in [9.17, 15) is 4.39 Å². The van der Waals surface area contributed by atoms with Gasteiger partial charge in [-0.25, -0.2) is 9.07 Å². The molecule has 4 rings (SSSR count). The first kappa shape index (κ1) is 21.1. The minimum Gasteiger partial charge on any atom is -0.496 e. The summed E-state index contributed by atoms with van der Waals surface area (Å²) in [6.45, 7) is 8.83. The number of para-hydroxylation sites is 1. The van der Waals surface area contributed by atoms with Gasteiger partial charge in [0.2, 0.25) is 0 Å². The smallest absolute Gasteiger partial charge is 0.173 e. The van der Waals surface area contributed by atoms with Crippen molar-refractivity contribution in [3.8, 4) is 5.75 Å². The van der Waals surface area contributed by atoms with Crippen molar-refractivity contribution in [2.45, 2.75) is 12.6 Å². The molecule has 1 aliphatic rings. The van der Waals surface area contributed by atoms with Crippen LogP contribution in [0.4, 0.5) is 4.39 Å². The molecule has 0 saturated carbocycles. The van der Waals surface area contributed by atoms with Gasteiger partial charge in [0.25, 0.3) is 0 Å². The van der Waals surface area contributed by atoms with E-state index in [-0.39, 0.29) is 11.9 Å². The molecule has 1 aromatic heterocycles. The summed E-state index contributed by atoms with van der Waals surface area (Å²) in [6, 6.07) is 14.3. The summed E-state index contributed by atoms with van der Waals surface area (Å²) >= 11 is 0. The SMILES string of the molecule is C=CCN1CCN([C@H](c2ccccc2OC)c2nnnn2Cc2ccc(F)cc2)CC1. The van der Waals surface area contributed by atoms with Gasteiger partial charge in [-0.2, -0.15) is 0 Å². The molecule has 1 atom stereocenters. The van der Waals surface area contributed by atoms with Gasteiger partial charge in [0.15, 0.2) is 5.82 Å². The van der Waals surface area contributed by atoms with Crippen LogP contribution in [0.25, 0.3) is 0 Å². The van der Waals surface area contributed by atoms with Gasteiger partial charge < -0.3 is 4.74 Å². The third kappa shape index (κ3) is 4.81. The van der Waals surface area contributed by atoms with Gasteiger partial charge in [-0.05, 0) is 34.2 Å². The summed E-state index contributed by atoms with van der Waals surface area (Å²) in [5.74, 6) is 1.29. The van der Waals surface area contributed by atoms with Crippen molar-refractivity contribution >= 4 is 0 Å². The van der Waals surface area contributed by atoms with Gasteiger partial charge in [-0.1, -0.05) is 36.4 Å². The monoisotopic (exact) mass is 422 g/mol. The van der Waals surface area contributed by atoms with E-state index in [1.165, 1.54) is 12.1 Å². The number of hydrogen-bond donors (Lipinski definition) is 0. The van der Waals surface area contributed by atoms with Crippen LogP contribution in [0.2, 0.25) is 0 Å². The molecule has 3 aromatic rings. The molecule has 1 fully saturated rings. The van der Waals surface area contributed by atoms with Crippen LogP contribution >= 0.6 is 0 Å². The third-order valence-electron chi connectivity index (χ3n) is 5.64. The van der Waals surface area contributed by atoms with Crippen molar-refractivity contribution in [1.82, 2.24) is 30.0 Å². The summed E-state index contributed by atoms with van der Waals surface area (Å²) in [7, 11) is 1.68. The quantitative estimate of drug-likeness (QED) is 0.521. The highest BCUT2D eigenvalue weighted by Crippen LogP contribution is 2.34. The minimum atomic E-state index is -0.259. The maximum atomic E-state index is 13.3. The zero-order valence-corrected chi connectivity index (χ0v) is 17.7. The Morgan fingerprint density at radius 2 is 1.84 bits per heavy atom. The number of ether oxygens (including phenoxy) is 1. The van der Waals surface area contributed by atoms with Crippen LogP contribution in [0, 0.1) is 5.82 Å². The summed E-state index contributed by atoms with van der Waals surface area (Å²) in [4.78, 5) is 4.77. The largest absolute Gasteiger partial charge is 0.496 e. The number of benzene rings is 2. The highest BCUT2D eigenvalue weighted by Gasteiger charge is 2.32. The van der Waals surface area contributed by atoms with Crippen molar-refractivity contribution in [3.05, 3.63) is 84.0 Å². The second-order valence-corrected chi connectivity index (χ2v) is 7.59. The number of halogens is 1. The van der Waals surface area contributed by atoms with Crippen molar-refractivity contribution < 1.29 is 9.13 Å². The first-order valence-electron chi connectivity index (χ1n) is 10.4. The zero-order valence-electron chi connectivity index (χ0n) is 17.7. The van der Waals surface area contributed by atoms with Crippen LogP contribution in [0.5, 0.6) is 5.75 Å². The predicted molar refractivity (Wildman–Crippen MR) is 116 cm³/mol. The fraction of sp³-hybridized carbons (Fsp3) is 0.348. The van der Waals surface area contributed by atoms with E-state index < -0.39 is 0 Å². The van der Waals surface area contributed by atoms with Gasteiger partial charge in [-0.15, -0.1) is 11.7 Å². The molecule has 8 heteroatoms. The van der Waals surface area contributed by atoms with Gasteiger partial charge >= 0.3 is 0 Å². The average molecular weight is 423 g/mol. The number of methoxy groups -OCH3 is 1. The Morgan fingerprint density at radius 3 is 2.55 bits per heavy atom. The van der Waals surface area contributed by atoms with Crippen LogP contribution < -0.4 is 4.74 Å². The standard InChI is InChI=1S/C23H27FN6O/c1-3-12-28-13-15-29(16-14-28)22(20-6-4-5-7-21(20)31-2)23-25-26-27-30(23)17-18-8-10-19(24)11-9-18/h3-11,22H,1,12-17H2,2H3/t22-/m1/s1. The number of hydrogen-bond acceptors (Lipinski definition) is 6. The van der Waals surface area contributed by atoms with E-state index in [2.05, 4.69) is 38.0 Å². The molecule has 0 N–H and O–H groups in total. The molecule has 0 bridgehead atoms. The molecular weight excluding hydrogens is 395 g/mol. The lowest BCUT2D eigenvalue weighted by Crippen LogP contribution is -2.48. The molecule has 0 unspecified atom stereocenters. The van der Waals surface area contributed by atoms with E-state index >= 15 is 0 Å². The Labute approximate surface area is 181 Å². The van der Waals surface area contributed by atoms with Crippen LogP contribution in [0.3, 0.4) is 0 Å². The normalized spacial score (nSPS) is 16.2. The topological polar surface area (TPSA) is 59.3 Å². The molecule has 7 nitrogen and oxygen atoms in total. The van der Waals surface area contributed by atoms with Crippen LogP contribution in [0.15, 0.2) is 61.2 Å². The maximum absolute atomic E-state index is 13.3. The molecule has 1 saturated heterocycles. The molecule has 0 amide bonds. The lowest BCUT2D eigenvalue weighted by molar-refractivity contribution is 0.111. The van der Waals surface area contributed by atoms with Crippen molar-refractivity contribution in [2.75, 3.05) is 39.8 Å². The van der Waals surface area contributed by atoms with Crippen LogP contribution in [0.1, 0.15) is 23.0 Å². The third-order valence-corrected chi connectivity index (χ3v) is 5.64. The first-order valence-corrected chi connectivity index (χ1v) is 10.4. The van der Waals surface area contributed by atoms with Crippen LogP contribution in [-0.2, 0) is 6.54 Å². The van der Waals surface area contributed by atoms with E-state index in [4.69, 9.17) is 4.74 Å². The van der Waals surface area contributed by atoms with E-state index in [1.807, 2.05) is 24.3 Å². The predicted octanol–water partition coefficient (Wildman–Crippen LogP) is 2.76. The Hall–Kier alpha value is -3.10. The number of tetrazole rings is 1. The lowest BCUT2D eigenvalue weighted by atomic mass is 10.0. The van der Waals surface area contributed by atoms with Crippen molar-refractivity contribution in [2.24, 2.45) is 0 Å². The molecule has 0 spiro atoms. The highest BCUT2D eigenvalue weighted by atomic mass is 19.1. The molecule has 0 radical (unpaired) electrons. The fourth-order valence-corrected chi connectivity index (χ4v) is 4.06. The van der Waals surface area contributed by atoms with Crippen molar-refractivity contribution in [3.63, 3.8) is 0 Å². The number of aromatic nitrogens is 4. The molecule has 0 aliphatic carbocycles. The van der Waals surface area contributed by atoms with Gasteiger partial charge in [0, 0.05) is 38.3 Å². The minimum absolute atomic E-state index is 0.155. The Morgan fingerprint density at radius 1 is 1.10 bits per heavy atom. The molecule has 2 aromatic carbocycles. The first-order chi connectivity index (χ1) is 15.2. The fourth-order valence-electron chi connectivity index (χ4n) is 4.06. The molecular formula is C23H27FN6O. The van der Waals surface area contributed by atoms with E-state index in [0.717, 1.165) is 55.4 Å². The second kappa shape index (κ2) is 9.80. The zero-order chi connectivity index (χ0) is 21.6. The van der Waals surface area contributed by atoms with Gasteiger partial charge in [0.05, 0.1) is 13.7 Å². The number of nitrogens with zero attached hydrogens (tertiary/aromatic N) is 6. The van der Waals surface area contributed by atoms with Gasteiger partial charge in [0.1, 0.15) is 17.6 Å². The second-order valence-electron chi connectivity index (χ2n) is 7.59. The van der Waals surface area contributed by atoms with E-state index in [1.54, 1.807) is 23.9 Å². The van der Waals surface area contributed by atoms with Crippen LogP contribution in [-0.4, -0.2) is 69.8 Å². The molecule has 2 heterocycles. The highest BCUT2D eigenvalue weighted by molar-refractivity contribution is 5.39. The Bertz CT molecular complexity index is 997. The van der Waals surface area contributed by atoms with E-state index in [0.29, 0.717) is 6.54 Å². The number of piperazine rings is 1. The average Bonchev–Trinajstić information content (AvgIpc) is 3.25. The maximum Gasteiger partial charge on any atom is 0.173 e. The molecule has 31 heavy (non-hydrogen) atoms. The van der Waals surface area contributed by atoms with Gasteiger partial charge in [-0.3, -0.25) is 9.80 Å². The summed E-state index contributed by atoms with van der Waals surface area (Å²) in [6.07, 6.45) is 1.94. The lowest BCUT2D eigenvalue weighted by Gasteiger charge is -2.38. The summed E-state index contributed by atoms with van der Waals surface area (Å²) < 4.78 is 20.8.